The highest BCUT2D eigenvalue weighted by molar-refractivity contribution is 8.13. The predicted molar refractivity (Wildman–Crippen MR) is 57.0 cm³/mol. The lowest BCUT2D eigenvalue weighted by atomic mass is 10.3. The Hall–Kier alpha value is -0.770. The van der Waals surface area contributed by atoms with Crippen LogP contribution in [0.3, 0.4) is 0 Å². The van der Waals surface area contributed by atoms with Crippen molar-refractivity contribution < 1.29 is 9.53 Å². The molecule has 0 unspecified atom stereocenters. The van der Waals surface area contributed by atoms with Gasteiger partial charge in [-0.25, -0.2) is 4.79 Å². The van der Waals surface area contributed by atoms with Crippen LogP contribution in [-0.2, 0) is 9.53 Å². The first-order chi connectivity index (χ1) is 6.11. The van der Waals surface area contributed by atoms with Crippen LogP contribution in [0.4, 0.5) is 0 Å². The van der Waals surface area contributed by atoms with Crippen LogP contribution in [-0.4, -0.2) is 23.9 Å². The lowest BCUT2D eigenvalue weighted by molar-refractivity contribution is -0.138. The van der Waals surface area contributed by atoms with E-state index in [1.54, 1.807) is 25.6 Å². The molecular formula is C9H15NO2S. The van der Waals surface area contributed by atoms with Gasteiger partial charge in [-0.05, 0) is 27.0 Å². The summed E-state index contributed by atoms with van der Waals surface area (Å²) in [5.41, 5.74) is 0.523. The number of nitrogens with zero attached hydrogens (tertiary/aromatic N) is 1. The molecule has 0 amide bonds. The average Bonchev–Trinajstić information content (AvgIpc) is 2.13. The fourth-order valence-electron chi connectivity index (χ4n) is 0.538. The molecule has 0 N–H and O–H groups in total. The van der Waals surface area contributed by atoms with E-state index in [1.165, 1.54) is 6.20 Å². The first-order valence-electron chi connectivity index (χ1n) is 4.04. The van der Waals surface area contributed by atoms with Gasteiger partial charge in [-0.1, -0.05) is 0 Å². The Morgan fingerprint density at radius 2 is 2.15 bits per heavy atom. The molecule has 4 heteroatoms. The lowest BCUT2D eigenvalue weighted by Crippen LogP contribution is -2.04. The summed E-state index contributed by atoms with van der Waals surface area (Å²) in [6.45, 7) is 5.76. The molecule has 0 aliphatic rings. The molecule has 0 aliphatic heterocycles. The van der Waals surface area contributed by atoms with Gasteiger partial charge in [-0.3, -0.25) is 4.99 Å². The monoisotopic (exact) mass is 201 g/mol. The summed E-state index contributed by atoms with van der Waals surface area (Å²) in [4.78, 5) is 15.1. The summed E-state index contributed by atoms with van der Waals surface area (Å²) in [7, 11) is 0. The van der Waals surface area contributed by atoms with E-state index in [2.05, 4.69) is 4.99 Å². The molecule has 0 heterocycles. The molecule has 0 spiro atoms. The fraction of sp³-hybridized carbons (Fsp3) is 0.556. The Balaban J connectivity index is 4.24. The smallest absolute Gasteiger partial charge is 0.335 e. The van der Waals surface area contributed by atoms with Gasteiger partial charge in [-0.15, -0.1) is 11.8 Å². The molecule has 0 saturated carbocycles. The van der Waals surface area contributed by atoms with Crippen LogP contribution in [0.15, 0.2) is 16.8 Å². The van der Waals surface area contributed by atoms with Crippen LogP contribution in [0.5, 0.6) is 0 Å². The van der Waals surface area contributed by atoms with Crippen molar-refractivity contribution in [2.45, 2.75) is 20.8 Å². The second kappa shape index (κ2) is 6.71. The molecule has 0 aromatic rings. The lowest BCUT2D eigenvalue weighted by Gasteiger charge is -1.99. The second-order valence-corrected chi connectivity index (χ2v) is 3.38. The average molecular weight is 201 g/mol. The third kappa shape index (κ3) is 5.47. The van der Waals surface area contributed by atoms with E-state index in [4.69, 9.17) is 4.74 Å². The van der Waals surface area contributed by atoms with Crippen molar-refractivity contribution in [3.05, 3.63) is 11.8 Å². The minimum atomic E-state index is -0.305. The zero-order chi connectivity index (χ0) is 10.3. The Bertz CT molecular complexity index is 234. The van der Waals surface area contributed by atoms with Crippen molar-refractivity contribution in [1.82, 2.24) is 0 Å². The number of hydrogen-bond donors (Lipinski definition) is 0. The number of hydrogen-bond acceptors (Lipinski definition) is 4. The second-order valence-electron chi connectivity index (χ2n) is 2.38. The van der Waals surface area contributed by atoms with E-state index in [9.17, 15) is 4.79 Å². The van der Waals surface area contributed by atoms with E-state index in [0.29, 0.717) is 12.2 Å². The quantitative estimate of drug-likeness (QED) is 0.304. The van der Waals surface area contributed by atoms with Gasteiger partial charge in [0.15, 0.2) is 0 Å². The minimum Gasteiger partial charge on any atom is -0.463 e. The van der Waals surface area contributed by atoms with Crippen LogP contribution < -0.4 is 0 Å². The van der Waals surface area contributed by atoms with Gasteiger partial charge in [0.1, 0.15) is 0 Å². The Labute approximate surface area is 83.3 Å². The zero-order valence-electron chi connectivity index (χ0n) is 8.46. The Morgan fingerprint density at radius 3 is 2.62 bits per heavy atom. The van der Waals surface area contributed by atoms with Crippen LogP contribution in [0, 0.1) is 0 Å². The summed E-state index contributed by atoms with van der Waals surface area (Å²) in [5, 5.41) is 0.920. The van der Waals surface area contributed by atoms with Crippen LogP contribution in [0.2, 0.25) is 0 Å². The molecule has 0 rings (SSSR count). The highest BCUT2D eigenvalue weighted by Crippen LogP contribution is 2.01. The number of esters is 1. The van der Waals surface area contributed by atoms with E-state index in [0.717, 1.165) is 5.04 Å². The predicted octanol–water partition coefficient (Wildman–Crippen LogP) is 2.23. The number of thioether (sulfide) groups is 1. The summed E-state index contributed by atoms with van der Waals surface area (Å²) < 4.78 is 4.79. The molecule has 0 bridgehead atoms. The highest BCUT2D eigenvalue weighted by Gasteiger charge is 2.02. The molecule has 0 fully saturated rings. The van der Waals surface area contributed by atoms with E-state index in [1.807, 2.05) is 13.2 Å². The number of carbonyl (C=O) groups excluding carboxylic acids is 1. The van der Waals surface area contributed by atoms with Gasteiger partial charge in [0.2, 0.25) is 0 Å². The van der Waals surface area contributed by atoms with Gasteiger partial charge in [-0.2, -0.15) is 0 Å². The summed E-state index contributed by atoms with van der Waals surface area (Å²) in [6, 6.07) is 0. The van der Waals surface area contributed by atoms with E-state index in [-0.39, 0.29) is 5.97 Å². The van der Waals surface area contributed by atoms with Gasteiger partial charge in [0.05, 0.1) is 17.2 Å². The van der Waals surface area contributed by atoms with Crippen molar-refractivity contribution >= 4 is 22.8 Å². The summed E-state index contributed by atoms with van der Waals surface area (Å²) in [6.07, 6.45) is 3.47. The van der Waals surface area contributed by atoms with Crippen molar-refractivity contribution in [3.63, 3.8) is 0 Å². The molecule has 3 nitrogen and oxygen atoms in total. The van der Waals surface area contributed by atoms with Crippen LogP contribution in [0.25, 0.3) is 0 Å². The molecule has 13 heavy (non-hydrogen) atoms. The Kier molecular flexibility index (Phi) is 6.32. The highest BCUT2D eigenvalue weighted by atomic mass is 32.2. The van der Waals surface area contributed by atoms with Crippen LogP contribution in [0.1, 0.15) is 20.8 Å². The van der Waals surface area contributed by atoms with E-state index < -0.39 is 0 Å². The SMILES string of the molecule is CCOC(=O)C(C)=CN=C(C)SC. The first kappa shape index (κ1) is 12.2. The normalized spacial score (nSPS) is 12.9. The molecular weight excluding hydrogens is 186 g/mol. The number of carbonyl (C=O) groups is 1. The molecule has 0 aliphatic carbocycles. The maximum atomic E-state index is 11.1. The standard InChI is InChI=1S/C9H15NO2S/c1-5-12-9(11)7(2)6-10-8(3)13-4/h6H,5H2,1-4H3. The molecule has 0 aromatic heterocycles. The van der Waals surface area contributed by atoms with Crippen molar-refractivity contribution in [1.29, 1.82) is 0 Å². The fourth-order valence-corrected chi connectivity index (χ4v) is 0.696. The molecule has 0 aromatic carbocycles. The largest absolute Gasteiger partial charge is 0.463 e. The van der Waals surface area contributed by atoms with Gasteiger partial charge in [0.25, 0.3) is 0 Å². The van der Waals surface area contributed by atoms with E-state index >= 15 is 0 Å². The maximum Gasteiger partial charge on any atom is 0.335 e. The molecule has 0 radical (unpaired) electrons. The van der Waals surface area contributed by atoms with Gasteiger partial charge in [0, 0.05) is 6.20 Å². The number of rotatable bonds is 3. The third-order valence-corrected chi connectivity index (χ3v) is 2.03. The molecule has 74 valence electrons. The van der Waals surface area contributed by atoms with Crippen molar-refractivity contribution in [3.8, 4) is 0 Å². The summed E-state index contributed by atoms with van der Waals surface area (Å²) >= 11 is 1.55. The van der Waals surface area contributed by atoms with Crippen LogP contribution >= 0.6 is 11.8 Å². The van der Waals surface area contributed by atoms with Crippen molar-refractivity contribution in [2.24, 2.45) is 4.99 Å². The Morgan fingerprint density at radius 1 is 1.54 bits per heavy atom. The summed E-state index contributed by atoms with van der Waals surface area (Å²) in [5.74, 6) is -0.305. The maximum absolute atomic E-state index is 11.1. The van der Waals surface area contributed by atoms with Gasteiger partial charge >= 0.3 is 5.97 Å². The third-order valence-electron chi connectivity index (χ3n) is 1.33. The number of aliphatic imine (C=N–C) groups is 1. The van der Waals surface area contributed by atoms with Gasteiger partial charge < -0.3 is 4.74 Å². The first-order valence-corrected chi connectivity index (χ1v) is 5.26. The molecule has 0 atom stereocenters. The molecule has 0 saturated heterocycles. The zero-order valence-corrected chi connectivity index (χ0v) is 9.27. The number of ether oxygens (including phenoxy) is 1. The minimum absolute atomic E-state index is 0.305. The van der Waals surface area contributed by atoms with Crippen molar-refractivity contribution in [2.75, 3.05) is 12.9 Å². The topological polar surface area (TPSA) is 38.7 Å².